The van der Waals surface area contributed by atoms with E-state index in [0.717, 1.165) is 35.8 Å². The number of methoxy groups -OCH3 is 1. The van der Waals surface area contributed by atoms with Crippen LogP contribution in [0.15, 0.2) is 12.1 Å². The van der Waals surface area contributed by atoms with E-state index in [9.17, 15) is 14.0 Å². The van der Waals surface area contributed by atoms with E-state index in [4.69, 9.17) is 27.9 Å². The molecule has 1 aromatic carbocycles. The minimum atomic E-state index is -0.743. The first-order valence-corrected chi connectivity index (χ1v) is 8.68. The molecule has 0 saturated carbocycles. The molecule has 0 spiro atoms. The van der Waals surface area contributed by atoms with Gasteiger partial charge in [0.2, 0.25) is 0 Å². The lowest BCUT2D eigenvalue weighted by Gasteiger charge is -2.09. The standard InChI is InChI=1S/C16H12Cl2FNO3S/c1-23-16(22)13-7-3-2-4-12(7)24-15(13)20-14(21)8-5-11(19)10(18)6-9(8)17/h5-6H,2-4H2,1H3,(H,20,21). The zero-order valence-electron chi connectivity index (χ0n) is 12.5. The predicted molar refractivity (Wildman–Crippen MR) is 92.1 cm³/mol. The summed E-state index contributed by atoms with van der Waals surface area (Å²) in [6, 6.07) is 2.14. The molecule has 0 fully saturated rings. The van der Waals surface area contributed by atoms with Gasteiger partial charge >= 0.3 is 5.97 Å². The maximum atomic E-state index is 13.6. The Morgan fingerprint density at radius 1 is 1.25 bits per heavy atom. The number of anilines is 1. The molecule has 0 aliphatic heterocycles. The Hall–Kier alpha value is -1.63. The Bertz CT molecular complexity index is 850. The summed E-state index contributed by atoms with van der Waals surface area (Å²) in [6.07, 6.45) is 2.59. The van der Waals surface area contributed by atoms with Gasteiger partial charge in [-0.2, -0.15) is 0 Å². The van der Waals surface area contributed by atoms with E-state index in [1.54, 1.807) is 0 Å². The second kappa shape index (κ2) is 6.70. The number of carbonyl (C=O) groups excluding carboxylic acids is 2. The highest BCUT2D eigenvalue weighted by atomic mass is 35.5. The number of fused-ring (bicyclic) bond motifs is 1. The third kappa shape index (κ3) is 3.01. The molecule has 1 N–H and O–H groups in total. The largest absolute Gasteiger partial charge is 0.465 e. The van der Waals surface area contributed by atoms with Crippen molar-refractivity contribution in [1.82, 2.24) is 0 Å². The lowest BCUT2D eigenvalue weighted by molar-refractivity contribution is 0.0601. The molecule has 126 valence electrons. The zero-order chi connectivity index (χ0) is 17.4. The van der Waals surface area contributed by atoms with Crippen LogP contribution in [0.25, 0.3) is 0 Å². The average molecular weight is 388 g/mol. The minimum Gasteiger partial charge on any atom is -0.465 e. The number of ether oxygens (including phenoxy) is 1. The third-order valence-corrected chi connectivity index (χ3v) is 5.60. The highest BCUT2D eigenvalue weighted by Crippen LogP contribution is 2.40. The van der Waals surface area contributed by atoms with Gasteiger partial charge in [0.05, 0.1) is 28.3 Å². The van der Waals surface area contributed by atoms with E-state index in [2.05, 4.69) is 5.32 Å². The number of thiophene rings is 1. The van der Waals surface area contributed by atoms with Crippen molar-refractivity contribution >= 4 is 51.4 Å². The number of hydrogen-bond acceptors (Lipinski definition) is 4. The monoisotopic (exact) mass is 387 g/mol. The normalized spacial score (nSPS) is 12.8. The minimum absolute atomic E-state index is 0.0302. The first-order valence-electron chi connectivity index (χ1n) is 7.11. The number of halogens is 3. The van der Waals surface area contributed by atoms with Crippen molar-refractivity contribution < 1.29 is 18.7 Å². The van der Waals surface area contributed by atoms with Crippen molar-refractivity contribution in [3.8, 4) is 0 Å². The highest BCUT2D eigenvalue weighted by molar-refractivity contribution is 7.17. The van der Waals surface area contributed by atoms with E-state index < -0.39 is 17.7 Å². The molecule has 2 aromatic rings. The Labute approximate surface area is 151 Å². The Kier molecular flexibility index (Phi) is 4.80. The van der Waals surface area contributed by atoms with Crippen LogP contribution in [0.2, 0.25) is 10.0 Å². The van der Waals surface area contributed by atoms with Gasteiger partial charge in [0, 0.05) is 4.88 Å². The number of benzene rings is 1. The summed E-state index contributed by atoms with van der Waals surface area (Å²) in [6.45, 7) is 0. The van der Waals surface area contributed by atoms with Crippen molar-refractivity contribution in [2.75, 3.05) is 12.4 Å². The summed E-state index contributed by atoms with van der Waals surface area (Å²) in [5, 5.41) is 2.90. The van der Waals surface area contributed by atoms with Crippen LogP contribution in [-0.4, -0.2) is 19.0 Å². The number of rotatable bonds is 3. The van der Waals surface area contributed by atoms with Gasteiger partial charge < -0.3 is 10.1 Å². The van der Waals surface area contributed by atoms with Gasteiger partial charge in [-0.05, 0) is 37.0 Å². The number of nitrogens with one attached hydrogen (secondary N) is 1. The third-order valence-electron chi connectivity index (χ3n) is 3.79. The smallest absolute Gasteiger partial charge is 0.341 e. The number of hydrogen-bond donors (Lipinski definition) is 1. The summed E-state index contributed by atoms with van der Waals surface area (Å²) in [5.74, 6) is -1.85. The molecule has 1 aromatic heterocycles. The molecule has 0 radical (unpaired) electrons. The van der Waals surface area contributed by atoms with Gasteiger partial charge in [0.15, 0.2) is 0 Å². The van der Waals surface area contributed by atoms with Gasteiger partial charge in [0.1, 0.15) is 10.8 Å². The van der Waals surface area contributed by atoms with Crippen LogP contribution in [0.4, 0.5) is 9.39 Å². The van der Waals surface area contributed by atoms with Gasteiger partial charge in [-0.25, -0.2) is 9.18 Å². The van der Waals surface area contributed by atoms with Crippen molar-refractivity contribution in [3.05, 3.63) is 49.6 Å². The van der Waals surface area contributed by atoms with Crippen LogP contribution in [0.5, 0.6) is 0 Å². The Morgan fingerprint density at radius 2 is 2.00 bits per heavy atom. The van der Waals surface area contributed by atoms with Gasteiger partial charge in [-0.3, -0.25) is 4.79 Å². The molecular formula is C16H12Cl2FNO3S. The first kappa shape index (κ1) is 17.2. The van der Waals surface area contributed by atoms with Crippen molar-refractivity contribution in [2.45, 2.75) is 19.3 Å². The summed E-state index contributed by atoms with van der Waals surface area (Å²) in [5.41, 5.74) is 1.23. The Morgan fingerprint density at radius 3 is 2.71 bits per heavy atom. The summed E-state index contributed by atoms with van der Waals surface area (Å²) in [4.78, 5) is 25.6. The summed E-state index contributed by atoms with van der Waals surface area (Å²) < 4.78 is 18.4. The molecule has 8 heteroatoms. The molecule has 0 saturated heterocycles. The van der Waals surface area contributed by atoms with Crippen LogP contribution < -0.4 is 5.32 Å². The highest BCUT2D eigenvalue weighted by Gasteiger charge is 2.28. The van der Waals surface area contributed by atoms with E-state index in [0.29, 0.717) is 10.6 Å². The molecule has 3 rings (SSSR count). The van der Waals surface area contributed by atoms with Gasteiger partial charge in [0.25, 0.3) is 5.91 Å². The van der Waals surface area contributed by atoms with E-state index in [1.807, 2.05) is 0 Å². The number of esters is 1. The lowest BCUT2D eigenvalue weighted by atomic mass is 10.1. The summed E-state index contributed by atoms with van der Waals surface area (Å²) >= 11 is 12.9. The second-order valence-corrected chi connectivity index (χ2v) is 7.17. The second-order valence-electron chi connectivity index (χ2n) is 5.25. The van der Waals surface area contributed by atoms with Crippen molar-refractivity contribution in [2.24, 2.45) is 0 Å². The fraction of sp³-hybridized carbons (Fsp3) is 0.250. The van der Waals surface area contributed by atoms with Crippen LogP contribution in [0, 0.1) is 5.82 Å². The van der Waals surface area contributed by atoms with Gasteiger partial charge in [-0.1, -0.05) is 23.2 Å². The maximum Gasteiger partial charge on any atom is 0.341 e. The first-order chi connectivity index (χ1) is 11.4. The number of aryl methyl sites for hydroxylation is 1. The molecule has 1 aliphatic rings. The fourth-order valence-corrected chi connectivity index (χ4v) is 4.42. The molecule has 24 heavy (non-hydrogen) atoms. The molecular weight excluding hydrogens is 376 g/mol. The molecule has 0 atom stereocenters. The van der Waals surface area contributed by atoms with Crippen molar-refractivity contribution in [1.29, 1.82) is 0 Å². The quantitative estimate of drug-likeness (QED) is 0.612. The van der Waals surface area contributed by atoms with Crippen LogP contribution in [0.1, 0.15) is 37.6 Å². The van der Waals surface area contributed by atoms with Crippen molar-refractivity contribution in [3.63, 3.8) is 0 Å². The Balaban J connectivity index is 1.96. The molecule has 1 aliphatic carbocycles. The molecule has 0 bridgehead atoms. The van der Waals surface area contributed by atoms with E-state index in [1.165, 1.54) is 24.5 Å². The SMILES string of the molecule is COC(=O)c1c(NC(=O)c2cc(F)c(Cl)cc2Cl)sc2c1CCC2. The topological polar surface area (TPSA) is 55.4 Å². The fourth-order valence-electron chi connectivity index (χ4n) is 2.68. The van der Waals surface area contributed by atoms with Gasteiger partial charge in [-0.15, -0.1) is 11.3 Å². The zero-order valence-corrected chi connectivity index (χ0v) is 14.9. The molecule has 0 unspecified atom stereocenters. The summed E-state index contributed by atoms with van der Waals surface area (Å²) in [7, 11) is 1.29. The maximum absolute atomic E-state index is 13.6. The lowest BCUT2D eigenvalue weighted by Crippen LogP contribution is -2.15. The average Bonchev–Trinajstić information content (AvgIpc) is 3.10. The molecule has 1 heterocycles. The van der Waals surface area contributed by atoms with Crippen LogP contribution >= 0.6 is 34.5 Å². The molecule has 1 amide bonds. The van der Waals surface area contributed by atoms with Crippen LogP contribution in [-0.2, 0) is 17.6 Å². The molecule has 4 nitrogen and oxygen atoms in total. The van der Waals surface area contributed by atoms with Crippen LogP contribution in [0.3, 0.4) is 0 Å². The predicted octanol–water partition coefficient (Wildman–Crippen LogP) is 4.72. The van der Waals surface area contributed by atoms with E-state index >= 15 is 0 Å². The van der Waals surface area contributed by atoms with E-state index in [-0.39, 0.29) is 15.6 Å². The number of amides is 1. The number of carbonyl (C=O) groups is 2.